The van der Waals surface area contributed by atoms with Crippen molar-refractivity contribution in [1.29, 1.82) is 0 Å². The van der Waals surface area contributed by atoms with E-state index in [9.17, 15) is 43.5 Å². The first-order valence-electron chi connectivity index (χ1n) is 49.1. The van der Waals surface area contributed by atoms with E-state index < -0.39 is 91.5 Å². The molecule has 5 unspecified atom stereocenters. The predicted molar refractivity (Wildman–Crippen MR) is 518 cm³/mol. The first-order valence-corrected chi connectivity index (χ1v) is 52.1. The molecule has 0 saturated heterocycles. The zero-order valence-electron chi connectivity index (χ0n) is 77.8. The summed E-state index contributed by atoms with van der Waals surface area (Å²) in [6.07, 6.45) is 127. The van der Waals surface area contributed by atoms with Crippen LogP contribution in [0, 0.1) is 0 Å². The van der Waals surface area contributed by atoms with Gasteiger partial charge in [-0.25, -0.2) is 9.13 Å². The number of phosphoric acid groups is 2. The van der Waals surface area contributed by atoms with Crippen LogP contribution in [-0.4, -0.2) is 95.9 Å². The summed E-state index contributed by atoms with van der Waals surface area (Å²) in [5.41, 5.74) is 0. The second-order valence-electron chi connectivity index (χ2n) is 32.4. The molecule has 0 bridgehead atoms. The van der Waals surface area contributed by atoms with Crippen LogP contribution in [0.15, 0.2) is 182 Å². The van der Waals surface area contributed by atoms with Crippen LogP contribution >= 0.6 is 15.6 Å². The van der Waals surface area contributed by atoms with Crippen molar-refractivity contribution in [3.05, 3.63) is 182 Å². The molecule has 5 atom stereocenters. The van der Waals surface area contributed by atoms with Gasteiger partial charge in [0.1, 0.15) is 25.4 Å². The number of esters is 3. The number of hydrogen-bond acceptors (Lipinski definition) is 14. The molecule has 0 aromatic carbocycles. The minimum atomic E-state index is -4.95. The summed E-state index contributed by atoms with van der Waals surface area (Å²) in [4.78, 5) is 59.1. The van der Waals surface area contributed by atoms with Gasteiger partial charge in [-0.1, -0.05) is 415 Å². The monoisotopic (exact) mass is 1760 g/mol. The maximum absolute atomic E-state index is 13.1. The van der Waals surface area contributed by atoms with E-state index in [4.69, 9.17) is 32.3 Å². The molecule has 0 aliphatic carbocycles. The number of carbonyl (C=O) groups excluding carboxylic acids is 3. The van der Waals surface area contributed by atoms with E-state index in [0.717, 1.165) is 180 Å². The molecule has 0 radical (unpaired) electrons. The number of unbranched alkanes of at least 4 members (excludes halogenated alkanes) is 39. The summed E-state index contributed by atoms with van der Waals surface area (Å²) in [5, 5.41) is 20.8. The van der Waals surface area contributed by atoms with Gasteiger partial charge in [0.25, 0.3) is 0 Å². The Hall–Kier alpha value is -5.35. The van der Waals surface area contributed by atoms with Crippen molar-refractivity contribution in [2.45, 2.75) is 424 Å². The van der Waals surface area contributed by atoms with Crippen LogP contribution in [0.3, 0.4) is 0 Å². The van der Waals surface area contributed by atoms with Crippen LogP contribution in [0.4, 0.5) is 0 Å². The zero-order chi connectivity index (χ0) is 89.3. The van der Waals surface area contributed by atoms with Crippen molar-refractivity contribution < 1.29 is 75.8 Å². The van der Waals surface area contributed by atoms with Crippen molar-refractivity contribution in [2.24, 2.45) is 0 Å². The van der Waals surface area contributed by atoms with E-state index in [1.54, 1.807) is 0 Å². The Morgan fingerprint density at radius 2 is 0.407 bits per heavy atom. The van der Waals surface area contributed by atoms with Crippen LogP contribution in [-0.2, 0) is 55.8 Å². The molecule has 0 spiro atoms. The molecule has 4 N–H and O–H groups in total. The van der Waals surface area contributed by atoms with E-state index >= 15 is 0 Å². The summed E-state index contributed by atoms with van der Waals surface area (Å²) in [6.45, 7) is 2.39. The maximum atomic E-state index is 13.1. The highest BCUT2D eigenvalue weighted by Gasteiger charge is 2.30. The molecule has 0 aromatic rings. The number of aliphatic hydroxyl groups excluding tert-OH is 2. The van der Waals surface area contributed by atoms with Crippen molar-refractivity contribution in [3.63, 3.8) is 0 Å². The highest BCUT2D eigenvalue weighted by atomic mass is 31.2. The second-order valence-corrected chi connectivity index (χ2v) is 35.3. The number of rotatable bonds is 92. The SMILES string of the molecule is CC/C=C\C/C=C\C/C=C\C/C=C\C/C=C\CCCCCCCCCCCCCCCCCCCC(=O)OCC(O)COP(=O)(O)OCC(O)COP(=O)(O)OCC(COC(=O)CCCCCCCCCCCCCCCCC/C=C\C/C=C\C/C=C\C/C=C\C/C=C\CC)OC(=O)CCCCCCCCC/C=C\C/C=C\C/C=C\C/C=C\C/C=C\CC. The highest BCUT2D eigenvalue weighted by molar-refractivity contribution is 7.47. The van der Waals surface area contributed by atoms with E-state index in [-0.39, 0.29) is 19.3 Å². The lowest BCUT2D eigenvalue weighted by Crippen LogP contribution is -2.30. The molecule has 0 rings (SSSR count). The number of hydrogen-bond donors (Lipinski definition) is 4. The number of allylic oxidation sites excluding steroid dienone is 30. The van der Waals surface area contributed by atoms with Gasteiger partial charge in [0.15, 0.2) is 6.10 Å². The summed E-state index contributed by atoms with van der Waals surface area (Å²) in [5.74, 6) is -1.58. The summed E-state index contributed by atoms with van der Waals surface area (Å²) < 4.78 is 61.6. The van der Waals surface area contributed by atoms with Gasteiger partial charge in [0, 0.05) is 19.3 Å². The van der Waals surface area contributed by atoms with Crippen LogP contribution in [0.1, 0.15) is 406 Å². The first kappa shape index (κ1) is 118. The number of ether oxygens (including phenoxy) is 3. The third kappa shape index (κ3) is 97.1. The zero-order valence-corrected chi connectivity index (χ0v) is 79.6. The fourth-order valence-electron chi connectivity index (χ4n) is 13.3. The summed E-state index contributed by atoms with van der Waals surface area (Å²) >= 11 is 0. The largest absolute Gasteiger partial charge is 0.472 e. The van der Waals surface area contributed by atoms with Gasteiger partial charge >= 0.3 is 33.6 Å². The Balaban J connectivity index is 4.58. The lowest BCUT2D eigenvalue weighted by atomic mass is 10.0. The topological polar surface area (TPSA) is 231 Å². The number of phosphoric ester groups is 2. The predicted octanol–water partition coefficient (Wildman–Crippen LogP) is 30.8. The fraction of sp³-hybridized carbons (Fsp3) is 0.686. The molecule has 0 aliphatic rings. The minimum absolute atomic E-state index is 0.0878. The van der Waals surface area contributed by atoms with Crippen molar-refractivity contribution in [1.82, 2.24) is 0 Å². The molecular weight excluding hydrogens is 1580 g/mol. The van der Waals surface area contributed by atoms with Gasteiger partial charge in [0.2, 0.25) is 0 Å². The second kappa shape index (κ2) is 95.7. The van der Waals surface area contributed by atoms with Gasteiger partial charge in [-0.05, 0) is 154 Å². The standard InChI is InChI=1S/C105H178O16P2/c1-4-7-10-13-16-19-22-25-28-31-34-37-40-42-44-46-48-49-51-53-54-56-59-61-64-67-70-73-76-79-82-85-88-91-103(108)115-94-100(106)95-117-122(111,112)118-96-101(107)97-119-123(113,114)120-99-102(121-105(110)93-90-87-84-81-78-75-72-69-66-63-58-39-36-33-30-27-24-21-18-15-12-9-6-3)98-116-104(109)92-89-86-83-80-77-74-71-68-65-62-60-57-55-52-50-47-45-43-41-38-35-32-29-26-23-20-17-14-11-8-5-2/h7-12,16-21,25-30,34-39,42-45,63,66,100-102,106-107H,4-6,13-15,22-24,31-33,40-41,46-62,64-65,67-99H2,1-3H3,(H,111,112)(H,113,114)/b10-7-,11-8-,12-9-,19-16-,20-17-,21-18-,28-25-,29-26-,30-27-,37-34-,38-35-,39-36-,44-42-,45-43-,66-63-. The third-order valence-electron chi connectivity index (χ3n) is 20.6. The molecule has 0 amide bonds. The van der Waals surface area contributed by atoms with E-state index in [2.05, 4.69) is 203 Å². The molecule has 16 nitrogen and oxygen atoms in total. The molecule has 18 heteroatoms. The molecule has 123 heavy (non-hydrogen) atoms. The van der Waals surface area contributed by atoms with Gasteiger partial charge < -0.3 is 34.2 Å². The lowest BCUT2D eigenvalue weighted by Gasteiger charge is -2.21. The highest BCUT2D eigenvalue weighted by Crippen LogP contribution is 2.45. The van der Waals surface area contributed by atoms with Gasteiger partial charge in [0.05, 0.1) is 26.4 Å². The number of carbonyl (C=O) groups is 3. The third-order valence-corrected chi connectivity index (χ3v) is 22.5. The Morgan fingerprint density at radius 1 is 0.228 bits per heavy atom. The van der Waals surface area contributed by atoms with Gasteiger partial charge in [-0.2, -0.15) is 0 Å². The molecule has 0 saturated carbocycles. The van der Waals surface area contributed by atoms with Crippen LogP contribution < -0.4 is 0 Å². The quantitative estimate of drug-likeness (QED) is 0.0146. The molecule has 0 aliphatic heterocycles. The molecule has 0 fully saturated rings. The minimum Gasteiger partial charge on any atom is -0.463 e. The Kier molecular flexibility index (Phi) is 91.6. The molecule has 704 valence electrons. The van der Waals surface area contributed by atoms with Crippen molar-refractivity contribution in [3.8, 4) is 0 Å². The molecule has 0 heterocycles. The van der Waals surface area contributed by atoms with E-state index in [0.29, 0.717) is 19.3 Å². The van der Waals surface area contributed by atoms with Crippen LogP contribution in [0.2, 0.25) is 0 Å². The first-order chi connectivity index (χ1) is 60.2. The van der Waals surface area contributed by atoms with Gasteiger partial charge in [-0.15, -0.1) is 0 Å². The maximum Gasteiger partial charge on any atom is 0.472 e. The number of aliphatic hydroxyl groups is 2. The Bertz CT molecular complexity index is 2970. The normalized spacial score (nSPS) is 14.5. The van der Waals surface area contributed by atoms with Crippen molar-refractivity contribution >= 4 is 33.6 Å². The Labute approximate surface area is 751 Å². The van der Waals surface area contributed by atoms with Crippen LogP contribution in [0.25, 0.3) is 0 Å². The Morgan fingerprint density at radius 3 is 0.642 bits per heavy atom. The summed E-state index contributed by atoms with van der Waals surface area (Å²) in [6, 6.07) is 0. The van der Waals surface area contributed by atoms with E-state index in [1.165, 1.54) is 167 Å². The van der Waals surface area contributed by atoms with Crippen molar-refractivity contribution in [2.75, 3.05) is 39.6 Å². The smallest absolute Gasteiger partial charge is 0.463 e. The van der Waals surface area contributed by atoms with Gasteiger partial charge in [-0.3, -0.25) is 32.5 Å². The average molecular weight is 1760 g/mol. The lowest BCUT2D eigenvalue weighted by molar-refractivity contribution is -0.161. The van der Waals surface area contributed by atoms with E-state index in [1.807, 2.05) is 0 Å². The van der Waals surface area contributed by atoms with Crippen LogP contribution in [0.5, 0.6) is 0 Å². The average Bonchev–Trinajstić information content (AvgIpc) is 0.898. The molecular formula is C105H178O16P2. The fourth-order valence-corrected chi connectivity index (χ4v) is 14.9. The molecule has 0 aromatic heterocycles. The summed E-state index contributed by atoms with van der Waals surface area (Å²) in [7, 11) is -9.82.